The van der Waals surface area contributed by atoms with Crippen molar-refractivity contribution in [3.05, 3.63) is 60.2 Å². The van der Waals surface area contributed by atoms with E-state index in [2.05, 4.69) is 27.7 Å². The van der Waals surface area contributed by atoms with Crippen LogP contribution in [0, 0.1) is 0 Å². The predicted octanol–water partition coefficient (Wildman–Crippen LogP) is 5.26. The monoisotopic (exact) mass is 397 g/mol. The Morgan fingerprint density at radius 1 is 0.931 bits per heavy atom. The molecule has 5 nitrogen and oxygen atoms in total. The van der Waals surface area contributed by atoms with Gasteiger partial charge in [-0.2, -0.15) is 5.06 Å². The zero-order valence-corrected chi connectivity index (χ0v) is 18.0. The average Bonchev–Trinajstić information content (AvgIpc) is 2.69. The van der Waals surface area contributed by atoms with E-state index in [1.165, 1.54) is 0 Å². The second kappa shape index (κ2) is 8.56. The van der Waals surface area contributed by atoms with E-state index in [9.17, 15) is 4.79 Å². The Morgan fingerprint density at radius 3 is 2.14 bits per heavy atom. The number of hydroxylamine groups is 2. The molecule has 29 heavy (non-hydrogen) atoms. The van der Waals surface area contributed by atoms with Crippen LogP contribution >= 0.6 is 0 Å². The first-order valence-electron chi connectivity index (χ1n) is 10.1. The van der Waals surface area contributed by atoms with Crippen molar-refractivity contribution < 1.29 is 19.1 Å². The number of rotatable bonds is 7. The Morgan fingerprint density at radius 2 is 1.52 bits per heavy atom. The third-order valence-corrected chi connectivity index (χ3v) is 5.45. The Bertz CT molecular complexity index is 816. The molecule has 3 rings (SSSR count). The van der Waals surface area contributed by atoms with Crippen molar-refractivity contribution in [2.24, 2.45) is 0 Å². The summed E-state index contributed by atoms with van der Waals surface area (Å²) in [5.41, 5.74) is -0.00841. The van der Waals surface area contributed by atoms with Crippen molar-refractivity contribution in [2.45, 2.75) is 64.3 Å². The summed E-state index contributed by atoms with van der Waals surface area (Å²) >= 11 is 0. The van der Waals surface area contributed by atoms with E-state index < -0.39 is 6.29 Å². The molecule has 156 valence electrons. The molecule has 0 aromatic heterocycles. The molecule has 1 heterocycles. The number of Topliss-reactive ketones (excluding diaryl/α,β-unsaturated/α-hetero) is 1. The Labute approximate surface area is 173 Å². The molecular formula is C24H31NO4. The quantitative estimate of drug-likeness (QED) is 0.471. The van der Waals surface area contributed by atoms with Crippen molar-refractivity contribution in [1.29, 1.82) is 0 Å². The molecule has 0 saturated carbocycles. The molecule has 1 saturated heterocycles. The third kappa shape index (κ3) is 4.80. The third-order valence-electron chi connectivity index (χ3n) is 5.45. The van der Waals surface area contributed by atoms with E-state index in [0.29, 0.717) is 17.1 Å². The largest absolute Gasteiger partial charge is 0.496 e. The molecule has 1 fully saturated rings. The fourth-order valence-electron chi connectivity index (χ4n) is 4.08. The fraction of sp³-hybridized carbons (Fsp3) is 0.458. The Balaban J connectivity index is 1.95. The van der Waals surface area contributed by atoms with Crippen LogP contribution in [0.2, 0.25) is 0 Å². The molecule has 0 radical (unpaired) electrons. The lowest BCUT2D eigenvalue weighted by Gasteiger charge is -2.51. The lowest BCUT2D eigenvalue weighted by atomic mass is 9.82. The first kappa shape index (κ1) is 21.3. The lowest BCUT2D eigenvalue weighted by molar-refractivity contribution is -0.323. The predicted molar refractivity (Wildman–Crippen MR) is 113 cm³/mol. The van der Waals surface area contributed by atoms with Gasteiger partial charge in [-0.25, -0.2) is 4.84 Å². The van der Waals surface area contributed by atoms with Crippen LogP contribution < -0.4 is 9.47 Å². The highest BCUT2D eigenvalue weighted by Crippen LogP contribution is 2.39. The van der Waals surface area contributed by atoms with Crippen LogP contribution in [0.15, 0.2) is 54.6 Å². The highest BCUT2D eigenvalue weighted by atomic mass is 16.8. The van der Waals surface area contributed by atoms with Gasteiger partial charge < -0.3 is 9.47 Å². The summed E-state index contributed by atoms with van der Waals surface area (Å²) in [6.45, 7) is 8.56. The van der Waals surface area contributed by atoms with Gasteiger partial charge in [0.1, 0.15) is 11.5 Å². The first-order valence-corrected chi connectivity index (χ1v) is 10.1. The highest BCUT2D eigenvalue weighted by molar-refractivity contribution is 6.01. The minimum Gasteiger partial charge on any atom is -0.496 e. The molecule has 5 heteroatoms. The number of carbonyl (C=O) groups excluding carboxylic acids is 1. The number of para-hydroxylation sites is 2. The van der Waals surface area contributed by atoms with E-state index in [1.54, 1.807) is 19.2 Å². The van der Waals surface area contributed by atoms with Gasteiger partial charge in [0, 0.05) is 11.1 Å². The molecular weight excluding hydrogens is 366 g/mol. The number of benzene rings is 2. The maximum absolute atomic E-state index is 13.5. The minimum absolute atomic E-state index is 0.221. The van der Waals surface area contributed by atoms with Crippen LogP contribution in [0.3, 0.4) is 0 Å². The van der Waals surface area contributed by atoms with Crippen molar-refractivity contribution in [1.82, 2.24) is 5.06 Å². The van der Waals surface area contributed by atoms with Crippen molar-refractivity contribution in [3.63, 3.8) is 0 Å². The fourth-order valence-corrected chi connectivity index (χ4v) is 4.08. The van der Waals surface area contributed by atoms with Gasteiger partial charge in [-0.3, -0.25) is 4.79 Å². The van der Waals surface area contributed by atoms with Gasteiger partial charge in [0.25, 0.3) is 6.29 Å². The number of nitrogens with zero attached hydrogens (tertiary/aromatic N) is 1. The topological polar surface area (TPSA) is 48.0 Å². The molecule has 1 aliphatic heterocycles. The molecule has 2 aromatic carbocycles. The zero-order chi connectivity index (χ0) is 21.1. The second-order valence-corrected chi connectivity index (χ2v) is 8.71. The number of methoxy groups -OCH3 is 1. The molecule has 1 unspecified atom stereocenters. The van der Waals surface area contributed by atoms with Gasteiger partial charge in [0.2, 0.25) is 5.78 Å². The SMILES string of the molecule is COc1ccccc1C(=O)C(Oc1ccccc1)ON1C(C)(C)CCCC1(C)C. The molecule has 1 aliphatic rings. The second-order valence-electron chi connectivity index (χ2n) is 8.71. The van der Waals surface area contributed by atoms with Crippen molar-refractivity contribution in [3.8, 4) is 11.5 Å². The molecule has 0 amide bonds. The van der Waals surface area contributed by atoms with Crippen LogP contribution in [0.1, 0.15) is 57.3 Å². The van der Waals surface area contributed by atoms with E-state index in [1.807, 2.05) is 47.5 Å². The summed E-state index contributed by atoms with van der Waals surface area (Å²) in [6, 6.07) is 16.4. The van der Waals surface area contributed by atoms with Crippen molar-refractivity contribution in [2.75, 3.05) is 7.11 Å². The normalized spacial score (nSPS) is 19.3. The number of piperidine rings is 1. The molecule has 1 atom stereocenters. The summed E-state index contributed by atoms with van der Waals surface area (Å²) in [5, 5.41) is 1.95. The minimum atomic E-state index is -1.12. The van der Waals surface area contributed by atoms with Gasteiger partial charge >= 0.3 is 0 Å². The number of hydrogen-bond donors (Lipinski definition) is 0. The Hall–Kier alpha value is -2.37. The summed E-state index contributed by atoms with van der Waals surface area (Å²) < 4.78 is 11.4. The van der Waals surface area contributed by atoms with E-state index in [0.717, 1.165) is 19.3 Å². The number of ketones is 1. The van der Waals surface area contributed by atoms with Crippen LogP contribution in [0.4, 0.5) is 0 Å². The number of carbonyl (C=O) groups is 1. The van der Waals surface area contributed by atoms with Crippen LogP contribution in [-0.2, 0) is 4.84 Å². The van der Waals surface area contributed by atoms with Gasteiger partial charge in [-0.05, 0) is 71.2 Å². The maximum atomic E-state index is 13.5. The molecule has 0 bridgehead atoms. The molecule has 0 N–H and O–H groups in total. The number of hydrogen-bond acceptors (Lipinski definition) is 5. The van der Waals surface area contributed by atoms with Crippen LogP contribution in [0.25, 0.3) is 0 Å². The van der Waals surface area contributed by atoms with E-state index in [4.69, 9.17) is 14.3 Å². The smallest absolute Gasteiger partial charge is 0.281 e. The van der Waals surface area contributed by atoms with Gasteiger partial charge in [0.05, 0.1) is 12.7 Å². The summed E-state index contributed by atoms with van der Waals surface area (Å²) in [5.74, 6) is 0.803. The lowest BCUT2D eigenvalue weighted by Crippen LogP contribution is -2.60. The zero-order valence-electron chi connectivity index (χ0n) is 18.0. The summed E-state index contributed by atoms with van der Waals surface area (Å²) in [4.78, 5) is 19.8. The van der Waals surface area contributed by atoms with Crippen molar-refractivity contribution >= 4 is 5.78 Å². The molecule has 0 aliphatic carbocycles. The number of ether oxygens (including phenoxy) is 2. The van der Waals surface area contributed by atoms with Gasteiger partial charge in [-0.1, -0.05) is 30.3 Å². The molecule has 2 aromatic rings. The summed E-state index contributed by atoms with van der Waals surface area (Å²) in [6.07, 6.45) is 1.96. The summed E-state index contributed by atoms with van der Waals surface area (Å²) in [7, 11) is 1.55. The first-order chi connectivity index (χ1) is 13.7. The van der Waals surface area contributed by atoms with E-state index >= 15 is 0 Å². The van der Waals surface area contributed by atoms with Crippen LogP contribution in [-0.4, -0.2) is 35.3 Å². The Kier molecular flexibility index (Phi) is 6.30. The van der Waals surface area contributed by atoms with Gasteiger partial charge in [-0.15, -0.1) is 0 Å². The van der Waals surface area contributed by atoms with Crippen LogP contribution in [0.5, 0.6) is 11.5 Å². The van der Waals surface area contributed by atoms with E-state index in [-0.39, 0.29) is 16.9 Å². The average molecular weight is 398 g/mol. The molecule has 0 spiro atoms. The maximum Gasteiger partial charge on any atom is 0.281 e. The highest BCUT2D eigenvalue weighted by Gasteiger charge is 2.45. The van der Waals surface area contributed by atoms with Gasteiger partial charge in [0.15, 0.2) is 0 Å². The standard InChI is InChI=1S/C24H31NO4/c1-23(2)16-11-17-24(3,4)25(23)29-22(28-18-12-7-6-8-13-18)21(26)19-14-9-10-15-20(19)27-5/h6-10,12-15,22H,11,16-17H2,1-5H3.